The minimum atomic E-state index is -0.188. The van der Waals surface area contributed by atoms with Crippen LogP contribution in [-0.2, 0) is 44.7 Å². The Bertz CT molecular complexity index is 1050. The van der Waals surface area contributed by atoms with Crippen LogP contribution in [0.3, 0.4) is 0 Å². The van der Waals surface area contributed by atoms with Crippen LogP contribution in [0.1, 0.15) is 55.4 Å². The number of rotatable bonds is 4. The van der Waals surface area contributed by atoms with E-state index >= 15 is 0 Å². The van der Waals surface area contributed by atoms with Crippen molar-refractivity contribution in [3.63, 3.8) is 0 Å². The zero-order valence-corrected chi connectivity index (χ0v) is 32.0. The molecule has 216 valence electrons. The van der Waals surface area contributed by atoms with E-state index in [4.69, 9.17) is 49.7 Å². The normalized spacial score (nSPS) is 38.0. The van der Waals surface area contributed by atoms with Gasteiger partial charge in [-0.1, -0.05) is 134 Å². The molecule has 0 aliphatic heterocycles. The molecule has 0 aromatic heterocycles. The zero-order valence-electron chi connectivity index (χ0n) is 25.8. The predicted molar refractivity (Wildman–Crippen MR) is 187 cm³/mol. The van der Waals surface area contributed by atoms with Crippen LogP contribution in [0, 0.1) is 23.7 Å². The zero-order chi connectivity index (χ0) is 29.9. The summed E-state index contributed by atoms with van der Waals surface area (Å²) in [6.07, 6.45) is 34.5. The molecule has 8 atom stereocenters. The van der Waals surface area contributed by atoms with E-state index < -0.39 is 0 Å². The molecule has 0 saturated carbocycles. The number of nitrogens with zero attached hydrogens (tertiary/aromatic N) is 2. The topological polar surface area (TPSA) is 6.48 Å². The first-order chi connectivity index (χ1) is 18.6. The second-order valence-corrected chi connectivity index (χ2v) is 14.3. The second-order valence-electron chi connectivity index (χ2n) is 12.2. The molecule has 0 spiro atoms. The molecule has 8 unspecified atom stereocenters. The molecule has 0 heterocycles. The quantitative estimate of drug-likeness (QED) is 0.167. The molecule has 0 saturated heterocycles. The smallest absolute Gasteiger partial charge is 0.411 e. The first kappa shape index (κ1) is 36.0. The van der Waals surface area contributed by atoms with Gasteiger partial charge in [-0.15, -0.1) is 0 Å². The van der Waals surface area contributed by atoms with Crippen LogP contribution >= 0.6 is 24.4 Å². The van der Waals surface area contributed by atoms with E-state index in [9.17, 15) is 0 Å². The van der Waals surface area contributed by atoms with Crippen LogP contribution < -0.4 is 0 Å². The van der Waals surface area contributed by atoms with Gasteiger partial charge in [-0.2, -0.15) is 0 Å². The summed E-state index contributed by atoms with van der Waals surface area (Å²) in [6, 6.07) is 0. The molecule has 0 fully saturated rings. The van der Waals surface area contributed by atoms with Gasteiger partial charge >= 0.3 is 19.5 Å². The Kier molecular flexibility index (Phi) is 12.3. The molecule has 4 aliphatic rings. The monoisotopic (exact) mass is 672 g/mol. The molecule has 0 aromatic carbocycles. The van der Waals surface area contributed by atoms with Crippen LogP contribution in [0.5, 0.6) is 0 Å². The Morgan fingerprint density at radius 2 is 0.683 bits per heavy atom. The number of hydrogen-bond acceptors (Lipinski definition) is 4. The maximum Gasteiger partial charge on any atom is 2.00 e. The first-order valence-corrected chi connectivity index (χ1v) is 15.7. The second kappa shape index (κ2) is 14.0. The number of allylic oxidation sites excluding steroid dienone is 8. The minimum absolute atomic E-state index is 0. The van der Waals surface area contributed by atoms with Crippen LogP contribution in [0.4, 0.5) is 0 Å². The Morgan fingerprint density at radius 1 is 0.488 bits per heavy atom. The Labute approximate surface area is 284 Å². The third-order valence-corrected chi connectivity index (χ3v) is 10.5. The van der Waals surface area contributed by atoms with E-state index in [0.717, 1.165) is 0 Å². The summed E-state index contributed by atoms with van der Waals surface area (Å²) in [4.78, 5) is 4.47. The summed E-state index contributed by atoms with van der Waals surface area (Å²) < 4.78 is 1.07. The molecule has 7 heteroatoms. The average molecular weight is 674 g/mol. The van der Waals surface area contributed by atoms with E-state index in [1.807, 2.05) is 0 Å². The van der Waals surface area contributed by atoms with Gasteiger partial charge in [0.05, 0.1) is 22.2 Å². The molecule has 0 radical (unpaired) electrons. The van der Waals surface area contributed by atoms with Gasteiger partial charge in [0, 0.05) is 23.7 Å². The Balaban J connectivity index is 0.000000280. The van der Waals surface area contributed by atoms with Gasteiger partial charge in [-0.25, -0.2) is 0 Å². The molecular weight excluding hydrogens is 630 g/mol. The molecule has 0 aromatic rings. The molecule has 0 bridgehead atoms. The minimum Gasteiger partial charge on any atom is -0.411 e. The van der Waals surface area contributed by atoms with E-state index in [1.165, 1.54) is 0 Å². The van der Waals surface area contributed by atoms with Crippen LogP contribution in [-0.4, -0.2) is 40.6 Å². The third-order valence-electron chi connectivity index (χ3n) is 9.76. The van der Waals surface area contributed by atoms with Crippen molar-refractivity contribution in [1.82, 2.24) is 9.80 Å². The summed E-state index contributed by atoms with van der Waals surface area (Å²) in [5.41, 5.74) is -0.754. The fourth-order valence-electron chi connectivity index (χ4n) is 6.25. The fourth-order valence-corrected chi connectivity index (χ4v) is 7.82. The van der Waals surface area contributed by atoms with Gasteiger partial charge in [0.1, 0.15) is 0 Å². The largest absolute Gasteiger partial charge is 2.00 e. The SMILES string of the molecule is CC1C=CC=CC1(C)N(C(=S)[S-])C1(C)C=CC=CC1C.CC1C=CC=CC1(C)N(C(=S)[S-])C1(C)C=CC=CC1C.[Zn+2]. The van der Waals surface area contributed by atoms with Crippen molar-refractivity contribution in [3.05, 3.63) is 97.2 Å². The van der Waals surface area contributed by atoms with Crippen molar-refractivity contribution >= 4 is 58.3 Å². The van der Waals surface area contributed by atoms with Gasteiger partial charge in [0.25, 0.3) is 0 Å². The van der Waals surface area contributed by atoms with Crippen molar-refractivity contribution in [2.75, 3.05) is 0 Å². The van der Waals surface area contributed by atoms with E-state index in [2.05, 4.69) is 162 Å². The van der Waals surface area contributed by atoms with Crippen LogP contribution in [0.2, 0.25) is 0 Å². The van der Waals surface area contributed by atoms with E-state index in [1.54, 1.807) is 0 Å². The molecule has 4 aliphatic carbocycles. The van der Waals surface area contributed by atoms with Gasteiger partial charge < -0.3 is 59.5 Å². The van der Waals surface area contributed by atoms with Crippen molar-refractivity contribution < 1.29 is 19.5 Å². The van der Waals surface area contributed by atoms with Crippen molar-refractivity contribution in [3.8, 4) is 0 Å². The first-order valence-electron chi connectivity index (χ1n) is 14.1. The molecule has 41 heavy (non-hydrogen) atoms. The Hall–Kier alpha value is -1.24. The van der Waals surface area contributed by atoms with Gasteiger partial charge in [-0.3, -0.25) is 0 Å². The summed E-state index contributed by atoms with van der Waals surface area (Å²) >= 11 is 21.8. The van der Waals surface area contributed by atoms with Crippen molar-refractivity contribution in [2.24, 2.45) is 23.7 Å². The molecular formula is C34H44N2S4Zn. The van der Waals surface area contributed by atoms with Crippen LogP contribution in [0.15, 0.2) is 97.2 Å². The summed E-state index contributed by atoms with van der Waals surface area (Å²) in [5.74, 6) is 1.43. The molecule has 4 rings (SSSR count). The van der Waals surface area contributed by atoms with Crippen molar-refractivity contribution in [2.45, 2.75) is 77.5 Å². The summed E-state index contributed by atoms with van der Waals surface area (Å²) in [6.45, 7) is 17.8. The van der Waals surface area contributed by atoms with E-state index in [0.29, 0.717) is 32.3 Å². The summed E-state index contributed by atoms with van der Waals surface area (Å²) in [5, 5.41) is 0. The average Bonchev–Trinajstić information content (AvgIpc) is 2.87. The predicted octanol–water partition coefficient (Wildman–Crippen LogP) is 8.32. The van der Waals surface area contributed by atoms with Gasteiger partial charge in [-0.05, 0) is 27.7 Å². The third kappa shape index (κ3) is 6.96. The van der Waals surface area contributed by atoms with Crippen LogP contribution in [0.25, 0.3) is 0 Å². The standard InChI is InChI=1S/2C17H23NS2.Zn/c2*1-13-9-5-7-11-16(13,3)18(15(19)20)17(4)12-8-6-10-14(17)2;/h2*5-14H,1-4H3,(H,19,20);/q;;+2/p-2. The number of hydrogen-bond donors (Lipinski definition) is 0. The molecule has 0 N–H and O–H groups in total. The van der Waals surface area contributed by atoms with Gasteiger partial charge in [0.2, 0.25) is 0 Å². The number of thiocarbonyl (C=S) groups is 2. The Morgan fingerprint density at radius 3 is 0.829 bits per heavy atom. The molecule has 0 amide bonds. The summed E-state index contributed by atoms with van der Waals surface area (Å²) in [7, 11) is 0. The van der Waals surface area contributed by atoms with E-state index in [-0.39, 0.29) is 41.6 Å². The van der Waals surface area contributed by atoms with Crippen molar-refractivity contribution in [1.29, 1.82) is 0 Å². The van der Waals surface area contributed by atoms with Gasteiger partial charge in [0.15, 0.2) is 0 Å². The maximum absolute atomic E-state index is 5.45. The fraction of sp³-hybridized carbons (Fsp3) is 0.471. The molecule has 2 nitrogen and oxygen atoms in total. The maximum atomic E-state index is 5.45.